The van der Waals surface area contributed by atoms with E-state index < -0.39 is 0 Å². The number of imide groups is 1. The van der Waals surface area contributed by atoms with E-state index in [-0.39, 0.29) is 30.9 Å². The van der Waals surface area contributed by atoms with Gasteiger partial charge in [0.05, 0.1) is 17.9 Å². The quantitative estimate of drug-likeness (QED) is 0.734. The van der Waals surface area contributed by atoms with E-state index >= 15 is 0 Å². The molecule has 3 heterocycles. The molecule has 1 aromatic heterocycles. The van der Waals surface area contributed by atoms with Crippen molar-refractivity contribution >= 4 is 29.1 Å². The molecule has 0 N–H and O–H groups in total. The van der Waals surface area contributed by atoms with Gasteiger partial charge < -0.3 is 9.26 Å². The van der Waals surface area contributed by atoms with Crippen LogP contribution in [0.2, 0.25) is 0 Å². The van der Waals surface area contributed by atoms with Crippen LogP contribution in [0.5, 0.6) is 5.75 Å². The smallest absolute Gasteiger partial charge is 0.265 e. The molecule has 9 heteroatoms. The van der Waals surface area contributed by atoms with Crippen molar-refractivity contribution in [1.29, 1.82) is 0 Å². The molecule has 0 atom stereocenters. The standard InChI is InChI=1S/C20H18N4O5/c1-11-21-17(22-29-11)9-23-15-8-12(6-7-16(15)28-10-18(23)25)24-19(26)13-4-2-3-5-14(13)20(24)27/h6-8H,2-5,9-10H2,1H3. The Morgan fingerprint density at radius 2 is 1.79 bits per heavy atom. The fourth-order valence-electron chi connectivity index (χ4n) is 4.02. The molecule has 0 saturated heterocycles. The summed E-state index contributed by atoms with van der Waals surface area (Å²) in [6.07, 6.45) is 3.09. The first-order valence-corrected chi connectivity index (χ1v) is 9.50. The second-order valence-corrected chi connectivity index (χ2v) is 7.26. The zero-order chi connectivity index (χ0) is 20.1. The highest BCUT2D eigenvalue weighted by molar-refractivity contribution is 6.33. The minimum atomic E-state index is -0.270. The number of rotatable bonds is 3. The van der Waals surface area contributed by atoms with Crippen LogP contribution in [0.25, 0.3) is 0 Å². The number of aromatic nitrogens is 2. The summed E-state index contributed by atoms with van der Waals surface area (Å²) in [6, 6.07) is 4.97. The third-order valence-corrected chi connectivity index (χ3v) is 5.40. The molecule has 5 rings (SSSR count). The van der Waals surface area contributed by atoms with Gasteiger partial charge in [0.1, 0.15) is 5.75 Å². The van der Waals surface area contributed by atoms with Gasteiger partial charge >= 0.3 is 0 Å². The van der Waals surface area contributed by atoms with Gasteiger partial charge in [-0.25, -0.2) is 4.90 Å². The van der Waals surface area contributed by atoms with Crippen LogP contribution in [0.15, 0.2) is 33.9 Å². The monoisotopic (exact) mass is 394 g/mol. The molecule has 0 radical (unpaired) electrons. The maximum absolute atomic E-state index is 12.9. The zero-order valence-corrected chi connectivity index (χ0v) is 15.8. The van der Waals surface area contributed by atoms with Crippen molar-refractivity contribution < 1.29 is 23.6 Å². The third kappa shape index (κ3) is 2.81. The van der Waals surface area contributed by atoms with E-state index in [1.54, 1.807) is 25.1 Å². The zero-order valence-electron chi connectivity index (χ0n) is 15.8. The second kappa shape index (κ2) is 6.54. The van der Waals surface area contributed by atoms with Gasteiger partial charge in [-0.1, -0.05) is 5.16 Å². The van der Waals surface area contributed by atoms with E-state index in [4.69, 9.17) is 9.26 Å². The Labute approximate surface area is 165 Å². The van der Waals surface area contributed by atoms with Crippen LogP contribution >= 0.6 is 0 Å². The van der Waals surface area contributed by atoms with Gasteiger partial charge in [-0.2, -0.15) is 4.98 Å². The summed E-state index contributed by atoms with van der Waals surface area (Å²) >= 11 is 0. The molecular formula is C20H18N4O5. The van der Waals surface area contributed by atoms with Crippen LogP contribution in [0.4, 0.5) is 11.4 Å². The number of fused-ring (bicyclic) bond motifs is 1. The Hall–Kier alpha value is -3.49. The van der Waals surface area contributed by atoms with Gasteiger partial charge in [-0.3, -0.25) is 19.3 Å². The highest BCUT2D eigenvalue weighted by Gasteiger charge is 2.40. The molecule has 9 nitrogen and oxygen atoms in total. The van der Waals surface area contributed by atoms with E-state index in [9.17, 15) is 14.4 Å². The summed E-state index contributed by atoms with van der Waals surface area (Å²) in [4.78, 5) is 45.0. The first-order chi connectivity index (χ1) is 14.0. The molecule has 0 saturated carbocycles. The van der Waals surface area contributed by atoms with Crippen LogP contribution < -0.4 is 14.5 Å². The number of hydrogen-bond donors (Lipinski definition) is 0. The highest BCUT2D eigenvalue weighted by atomic mass is 16.5. The summed E-state index contributed by atoms with van der Waals surface area (Å²) in [5, 5.41) is 3.84. The average Bonchev–Trinajstić information content (AvgIpc) is 3.25. The van der Waals surface area contributed by atoms with Crippen molar-refractivity contribution in [2.24, 2.45) is 0 Å². The lowest BCUT2D eigenvalue weighted by molar-refractivity contribution is -0.122. The van der Waals surface area contributed by atoms with Crippen LogP contribution in [0.1, 0.15) is 37.4 Å². The number of carbonyl (C=O) groups is 3. The van der Waals surface area contributed by atoms with Crippen molar-refractivity contribution in [3.05, 3.63) is 41.1 Å². The summed E-state index contributed by atoms with van der Waals surface area (Å²) < 4.78 is 10.5. The Morgan fingerprint density at radius 1 is 1.07 bits per heavy atom. The van der Waals surface area contributed by atoms with Gasteiger partial charge in [0, 0.05) is 18.1 Å². The van der Waals surface area contributed by atoms with Crippen molar-refractivity contribution in [2.75, 3.05) is 16.4 Å². The molecule has 2 aromatic rings. The normalized spacial score (nSPS) is 18.9. The topological polar surface area (TPSA) is 106 Å². The molecule has 0 fully saturated rings. The van der Waals surface area contributed by atoms with Gasteiger partial charge in [0.2, 0.25) is 5.89 Å². The summed E-state index contributed by atoms with van der Waals surface area (Å²) in [5.74, 6) is 0.444. The van der Waals surface area contributed by atoms with Crippen molar-refractivity contribution in [2.45, 2.75) is 39.2 Å². The van der Waals surface area contributed by atoms with Crippen molar-refractivity contribution in [3.8, 4) is 5.75 Å². The number of aryl methyl sites for hydroxylation is 1. The molecule has 0 bridgehead atoms. The lowest BCUT2D eigenvalue weighted by atomic mass is 9.93. The first-order valence-electron chi connectivity index (χ1n) is 9.50. The van der Waals surface area contributed by atoms with E-state index in [0.717, 1.165) is 12.8 Å². The number of anilines is 2. The molecular weight excluding hydrogens is 376 g/mol. The Bertz CT molecular complexity index is 1060. The van der Waals surface area contributed by atoms with Crippen LogP contribution in [0.3, 0.4) is 0 Å². The summed E-state index contributed by atoms with van der Waals surface area (Å²) in [6.45, 7) is 1.66. The number of hydrogen-bond acceptors (Lipinski definition) is 7. The molecule has 0 spiro atoms. The third-order valence-electron chi connectivity index (χ3n) is 5.40. The Kier molecular flexibility index (Phi) is 3.97. The highest BCUT2D eigenvalue weighted by Crippen LogP contribution is 2.40. The number of carbonyl (C=O) groups excluding carboxylic acids is 3. The molecule has 29 heavy (non-hydrogen) atoms. The number of nitrogens with zero attached hydrogens (tertiary/aromatic N) is 4. The second-order valence-electron chi connectivity index (χ2n) is 7.26. The van der Waals surface area contributed by atoms with Crippen LogP contribution in [-0.4, -0.2) is 34.5 Å². The molecule has 0 unspecified atom stereocenters. The van der Waals surface area contributed by atoms with Gasteiger partial charge in [0.25, 0.3) is 17.7 Å². The minimum absolute atomic E-state index is 0.104. The molecule has 3 amide bonds. The Morgan fingerprint density at radius 3 is 2.45 bits per heavy atom. The lowest BCUT2D eigenvalue weighted by Crippen LogP contribution is -2.39. The molecule has 148 valence electrons. The fraction of sp³-hybridized carbons (Fsp3) is 0.350. The number of benzene rings is 1. The van der Waals surface area contributed by atoms with Gasteiger partial charge in [0.15, 0.2) is 12.4 Å². The SMILES string of the molecule is Cc1nc(CN2C(=O)COc3ccc(N4C(=O)C5=C(CCCC5)C4=O)cc32)no1. The minimum Gasteiger partial charge on any atom is -0.482 e. The van der Waals surface area contributed by atoms with Crippen molar-refractivity contribution in [1.82, 2.24) is 10.1 Å². The van der Waals surface area contributed by atoms with Crippen LogP contribution in [0, 0.1) is 6.92 Å². The molecule has 1 aromatic carbocycles. The lowest BCUT2D eigenvalue weighted by Gasteiger charge is -2.29. The largest absolute Gasteiger partial charge is 0.482 e. The van der Waals surface area contributed by atoms with E-state index in [0.29, 0.717) is 52.8 Å². The summed E-state index contributed by atoms with van der Waals surface area (Å²) in [7, 11) is 0. The average molecular weight is 394 g/mol. The predicted octanol–water partition coefficient (Wildman–Crippen LogP) is 2.05. The van der Waals surface area contributed by atoms with Gasteiger partial charge in [-0.05, 0) is 43.9 Å². The van der Waals surface area contributed by atoms with E-state index in [2.05, 4.69) is 10.1 Å². The van der Waals surface area contributed by atoms with Gasteiger partial charge in [-0.15, -0.1) is 0 Å². The Balaban J connectivity index is 1.51. The van der Waals surface area contributed by atoms with E-state index in [1.165, 1.54) is 9.80 Å². The molecule has 1 aliphatic carbocycles. The predicted molar refractivity (Wildman–Crippen MR) is 100 cm³/mol. The maximum Gasteiger partial charge on any atom is 0.265 e. The molecule has 3 aliphatic rings. The number of ether oxygens (including phenoxy) is 1. The number of amides is 3. The maximum atomic E-state index is 12.9. The fourth-order valence-corrected chi connectivity index (χ4v) is 4.02. The first kappa shape index (κ1) is 17.6. The summed E-state index contributed by atoms with van der Waals surface area (Å²) in [5.41, 5.74) is 2.11. The van der Waals surface area contributed by atoms with E-state index in [1.807, 2.05) is 0 Å². The molecule has 2 aliphatic heterocycles. The van der Waals surface area contributed by atoms with Crippen molar-refractivity contribution in [3.63, 3.8) is 0 Å². The van der Waals surface area contributed by atoms with Crippen LogP contribution in [-0.2, 0) is 20.9 Å².